The maximum absolute atomic E-state index is 5.68. The maximum atomic E-state index is 5.68. The van der Waals surface area contributed by atoms with Crippen molar-refractivity contribution >= 4 is 17.2 Å². The van der Waals surface area contributed by atoms with E-state index < -0.39 is 0 Å². The normalized spacial score (nSPS) is 10.6. The van der Waals surface area contributed by atoms with Crippen molar-refractivity contribution in [1.82, 2.24) is 20.1 Å². The molecule has 0 aliphatic heterocycles. The summed E-state index contributed by atoms with van der Waals surface area (Å²) in [5.41, 5.74) is 6.09. The fourth-order valence-corrected chi connectivity index (χ4v) is 1.99. The number of nitrogen functional groups attached to an aromatic ring is 1. The Morgan fingerprint density at radius 3 is 2.88 bits per heavy atom. The van der Waals surface area contributed by atoms with Crippen LogP contribution in [0.25, 0.3) is 22.3 Å². The quantitative estimate of drug-likeness (QED) is 0.740. The van der Waals surface area contributed by atoms with E-state index in [4.69, 9.17) is 10.3 Å². The fraction of sp³-hybridized carbons (Fsp3) is 0. The van der Waals surface area contributed by atoms with E-state index in [-0.39, 0.29) is 11.7 Å². The van der Waals surface area contributed by atoms with Crippen LogP contribution in [0, 0.1) is 0 Å². The Morgan fingerprint density at radius 1 is 1.24 bits per heavy atom. The van der Waals surface area contributed by atoms with E-state index in [2.05, 4.69) is 20.1 Å². The van der Waals surface area contributed by atoms with Crippen molar-refractivity contribution in [2.75, 3.05) is 5.73 Å². The Bertz CT molecular complexity index is 634. The van der Waals surface area contributed by atoms with E-state index in [0.29, 0.717) is 11.5 Å². The SMILES string of the molecule is Nc1nccnc1-c1nc(-c2cccs2)no1. The van der Waals surface area contributed by atoms with E-state index in [1.165, 1.54) is 23.7 Å². The molecule has 0 saturated heterocycles. The van der Waals surface area contributed by atoms with Gasteiger partial charge in [-0.25, -0.2) is 9.97 Å². The van der Waals surface area contributed by atoms with Crippen molar-refractivity contribution < 1.29 is 4.52 Å². The molecule has 3 rings (SSSR count). The summed E-state index contributed by atoms with van der Waals surface area (Å²) in [6, 6.07) is 3.84. The molecule has 3 aromatic rings. The first-order valence-electron chi connectivity index (χ1n) is 4.79. The van der Waals surface area contributed by atoms with E-state index >= 15 is 0 Å². The van der Waals surface area contributed by atoms with Gasteiger partial charge in [-0.1, -0.05) is 11.2 Å². The largest absolute Gasteiger partial charge is 0.382 e. The summed E-state index contributed by atoms with van der Waals surface area (Å²) in [4.78, 5) is 13.1. The summed E-state index contributed by atoms with van der Waals surface area (Å²) < 4.78 is 5.12. The second kappa shape index (κ2) is 3.95. The number of hydrogen-bond acceptors (Lipinski definition) is 7. The number of anilines is 1. The highest BCUT2D eigenvalue weighted by molar-refractivity contribution is 7.13. The highest BCUT2D eigenvalue weighted by atomic mass is 32.1. The van der Waals surface area contributed by atoms with Crippen molar-refractivity contribution in [2.24, 2.45) is 0 Å². The first-order chi connectivity index (χ1) is 8.34. The number of nitrogens with two attached hydrogens (primary N) is 1. The Morgan fingerprint density at radius 2 is 2.12 bits per heavy atom. The smallest absolute Gasteiger partial charge is 0.280 e. The topological polar surface area (TPSA) is 90.7 Å². The molecule has 0 atom stereocenters. The van der Waals surface area contributed by atoms with Crippen molar-refractivity contribution in [3.8, 4) is 22.3 Å². The van der Waals surface area contributed by atoms with E-state index in [1.54, 1.807) is 0 Å². The van der Waals surface area contributed by atoms with Gasteiger partial charge in [-0.05, 0) is 11.4 Å². The molecule has 2 N–H and O–H groups in total. The minimum absolute atomic E-state index is 0.272. The molecular formula is C10H7N5OS. The maximum Gasteiger partial charge on any atom is 0.280 e. The van der Waals surface area contributed by atoms with Crippen molar-refractivity contribution in [1.29, 1.82) is 0 Å². The summed E-state index contributed by atoms with van der Waals surface area (Å²) in [6.45, 7) is 0. The molecular weight excluding hydrogens is 238 g/mol. The molecule has 0 spiro atoms. The van der Waals surface area contributed by atoms with Crippen LogP contribution in [0.4, 0.5) is 5.82 Å². The first kappa shape index (κ1) is 9.91. The van der Waals surface area contributed by atoms with Crippen LogP contribution in [0.1, 0.15) is 0 Å². The van der Waals surface area contributed by atoms with Crippen molar-refractivity contribution in [2.45, 2.75) is 0 Å². The molecule has 0 radical (unpaired) electrons. The molecule has 0 aliphatic rings. The minimum Gasteiger partial charge on any atom is -0.382 e. The van der Waals surface area contributed by atoms with Gasteiger partial charge in [0.2, 0.25) is 5.82 Å². The van der Waals surface area contributed by atoms with Gasteiger partial charge in [0.05, 0.1) is 4.88 Å². The van der Waals surface area contributed by atoms with E-state index in [0.717, 1.165) is 4.88 Å². The predicted molar refractivity (Wildman–Crippen MR) is 63.0 cm³/mol. The Hall–Kier alpha value is -2.28. The third kappa shape index (κ3) is 1.76. The zero-order valence-electron chi connectivity index (χ0n) is 8.57. The van der Waals surface area contributed by atoms with Gasteiger partial charge in [0.1, 0.15) is 0 Å². The van der Waals surface area contributed by atoms with Crippen LogP contribution in [-0.4, -0.2) is 20.1 Å². The Labute approximate surface area is 100 Å². The van der Waals surface area contributed by atoms with Crippen LogP contribution in [0.2, 0.25) is 0 Å². The summed E-state index contributed by atoms with van der Waals surface area (Å²) in [5.74, 6) is 1.08. The van der Waals surface area contributed by atoms with Crippen LogP contribution >= 0.6 is 11.3 Å². The van der Waals surface area contributed by atoms with E-state index in [9.17, 15) is 0 Å². The molecule has 0 amide bonds. The lowest BCUT2D eigenvalue weighted by atomic mass is 10.4. The number of thiophene rings is 1. The van der Waals surface area contributed by atoms with E-state index in [1.807, 2.05) is 17.5 Å². The number of aromatic nitrogens is 4. The second-order valence-corrected chi connectivity index (χ2v) is 4.14. The lowest BCUT2D eigenvalue weighted by Gasteiger charge is -1.95. The number of rotatable bonds is 2. The Kier molecular flexibility index (Phi) is 2.30. The summed E-state index contributed by atoms with van der Waals surface area (Å²) in [7, 11) is 0. The minimum atomic E-state index is 0.272. The average molecular weight is 245 g/mol. The van der Waals surface area contributed by atoms with Crippen molar-refractivity contribution in [3.63, 3.8) is 0 Å². The van der Waals surface area contributed by atoms with Crippen LogP contribution < -0.4 is 5.73 Å². The van der Waals surface area contributed by atoms with Crippen LogP contribution in [0.5, 0.6) is 0 Å². The molecule has 0 bridgehead atoms. The lowest BCUT2D eigenvalue weighted by molar-refractivity contribution is 0.431. The van der Waals surface area contributed by atoms with Gasteiger partial charge in [-0.15, -0.1) is 11.3 Å². The monoisotopic (exact) mass is 245 g/mol. The molecule has 0 saturated carbocycles. The molecule has 3 aromatic heterocycles. The van der Waals surface area contributed by atoms with Gasteiger partial charge in [-0.3, -0.25) is 0 Å². The van der Waals surface area contributed by atoms with Gasteiger partial charge in [0.15, 0.2) is 11.5 Å². The van der Waals surface area contributed by atoms with Gasteiger partial charge < -0.3 is 10.3 Å². The molecule has 84 valence electrons. The lowest BCUT2D eigenvalue weighted by Crippen LogP contribution is -1.95. The molecule has 0 fully saturated rings. The number of nitrogens with zero attached hydrogens (tertiary/aromatic N) is 4. The molecule has 6 nitrogen and oxygen atoms in total. The first-order valence-corrected chi connectivity index (χ1v) is 5.67. The summed E-state index contributed by atoms with van der Waals surface area (Å²) in [5, 5.41) is 5.82. The van der Waals surface area contributed by atoms with Gasteiger partial charge in [0, 0.05) is 12.4 Å². The number of hydrogen-bond donors (Lipinski definition) is 1. The molecule has 3 heterocycles. The summed E-state index contributed by atoms with van der Waals surface area (Å²) in [6.07, 6.45) is 3.04. The van der Waals surface area contributed by atoms with Crippen molar-refractivity contribution in [3.05, 3.63) is 29.9 Å². The highest BCUT2D eigenvalue weighted by Gasteiger charge is 2.14. The third-order valence-electron chi connectivity index (χ3n) is 2.10. The van der Waals surface area contributed by atoms with Gasteiger partial charge in [0.25, 0.3) is 5.89 Å². The third-order valence-corrected chi connectivity index (χ3v) is 2.96. The molecule has 0 aliphatic carbocycles. The molecule has 7 heteroatoms. The molecule has 17 heavy (non-hydrogen) atoms. The summed E-state index contributed by atoms with van der Waals surface area (Å²) >= 11 is 1.54. The highest BCUT2D eigenvalue weighted by Crippen LogP contribution is 2.25. The molecule has 0 aromatic carbocycles. The fourth-order valence-electron chi connectivity index (χ4n) is 1.34. The van der Waals surface area contributed by atoms with Crippen LogP contribution in [0.3, 0.4) is 0 Å². The Balaban J connectivity index is 2.04. The second-order valence-electron chi connectivity index (χ2n) is 3.19. The zero-order valence-corrected chi connectivity index (χ0v) is 9.39. The standard InChI is InChI=1S/C10H7N5OS/c11-8-7(12-3-4-13-8)10-14-9(15-16-10)6-2-1-5-17-6/h1-5H,(H2,11,13). The van der Waals surface area contributed by atoms with Gasteiger partial charge >= 0.3 is 0 Å². The zero-order chi connectivity index (χ0) is 11.7. The van der Waals surface area contributed by atoms with Gasteiger partial charge in [-0.2, -0.15) is 4.98 Å². The van der Waals surface area contributed by atoms with Crippen LogP contribution in [0.15, 0.2) is 34.4 Å². The van der Waals surface area contributed by atoms with Crippen LogP contribution in [-0.2, 0) is 0 Å². The predicted octanol–water partition coefficient (Wildman–Crippen LogP) is 1.84. The molecule has 0 unspecified atom stereocenters. The average Bonchev–Trinajstić information content (AvgIpc) is 3.00.